The number of imidazole rings is 1. The van der Waals surface area contributed by atoms with E-state index in [1.165, 1.54) is 12.5 Å². The number of hydrogen-bond donors (Lipinski definition) is 2. The molecule has 88 valence electrons. The number of fused-ring (bicyclic) bond motifs is 1. The van der Waals surface area contributed by atoms with Gasteiger partial charge in [-0.3, -0.25) is 0 Å². The third-order valence-electron chi connectivity index (χ3n) is 3.33. The second kappa shape index (κ2) is 3.48. The first-order valence-electron chi connectivity index (χ1n) is 5.61. The highest BCUT2D eigenvalue weighted by atomic mass is 16.4. The molecule has 17 heavy (non-hydrogen) atoms. The van der Waals surface area contributed by atoms with E-state index in [4.69, 9.17) is 5.11 Å². The molecule has 2 aromatic rings. The van der Waals surface area contributed by atoms with Crippen molar-refractivity contribution in [2.45, 2.75) is 25.2 Å². The van der Waals surface area contributed by atoms with Crippen LogP contribution in [0.25, 0.3) is 5.52 Å². The van der Waals surface area contributed by atoms with Gasteiger partial charge in [0, 0.05) is 18.2 Å². The van der Waals surface area contributed by atoms with Crippen molar-refractivity contribution in [3.05, 3.63) is 29.8 Å². The van der Waals surface area contributed by atoms with E-state index >= 15 is 0 Å². The number of aromatic carboxylic acids is 1. The molecule has 2 aromatic heterocycles. The summed E-state index contributed by atoms with van der Waals surface area (Å²) in [5.74, 6) is 0.141. The Morgan fingerprint density at radius 2 is 2.24 bits per heavy atom. The average Bonchev–Trinajstić information content (AvgIpc) is 2.54. The maximum absolute atomic E-state index is 11.1. The number of pyridine rings is 1. The zero-order valence-corrected chi connectivity index (χ0v) is 9.13. The molecule has 0 bridgehead atoms. The van der Waals surface area contributed by atoms with Crippen molar-refractivity contribution < 1.29 is 15.0 Å². The Labute approximate surface area is 97.3 Å². The number of carboxylic acids is 1. The van der Waals surface area contributed by atoms with Crippen LogP contribution >= 0.6 is 0 Å². The monoisotopic (exact) mass is 232 g/mol. The van der Waals surface area contributed by atoms with E-state index in [0.29, 0.717) is 11.4 Å². The fourth-order valence-electron chi connectivity index (χ4n) is 2.21. The Hall–Kier alpha value is -2.04. The van der Waals surface area contributed by atoms with E-state index in [9.17, 15) is 9.90 Å². The normalized spacial score (nSPS) is 16.0. The summed E-state index contributed by atoms with van der Waals surface area (Å²) in [6.45, 7) is 0. The summed E-state index contributed by atoms with van der Waals surface area (Å²) in [5, 5.41) is 18.5. The van der Waals surface area contributed by atoms with Crippen LogP contribution in [0.3, 0.4) is 0 Å². The fraction of sp³-hybridized carbons (Fsp3) is 0.333. The highest BCUT2D eigenvalue weighted by Crippen LogP contribution is 2.36. The van der Waals surface area contributed by atoms with Gasteiger partial charge in [0.25, 0.3) is 0 Å². The lowest BCUT2D eigenvalue weighted by molar-refractivity contribution is 0.0693. The molecule has 0 aliphatic heterocycles. The first-order valence-corrected chi connectivity index (χ1v) is 5.61. The van der Waals surface area contributed by atoms with Crippen LogP contribution in [0.2, 0.25) is 0 Å². The second-order valence-corrected chi connectivity index (χ2v) is 4.39. The maximum Gasteiger partial charge on any atom is 0.356 e. The van der Waals surface area contributed by atoms with Gasteiger partial charge in [0.15, 0.2) is 5.69 Å². The van der Waals surface area contributed by atoms with Gasteiger partial charge in [0.05, 0.1) is 5.52 Å². The molecule has 0 amide bonds. The van der Waals surface area contributed by atoms with Crippen molar-refractivity contribution >= 4 is 11.5 Å². The Balaban J connectivity index is 2.26. The van der Waals surface area contributed by atoms with Crippen LogP contribution in [0.4, 0.5) is 0 Å². The molecule has 0 aromatic carbocycles. The van der Waals surface area contributed by atoms with Crippen molar-refractivity contribution in [2.75, 3.05) is 0 Å². The van der Waals surface area contributed by atoms with Crippen molar-refractivity contribution in [3.63, 3.8) is 0 Å². The van der Waals surface area contributed by atoms with E-state index in [1.807, 2.05) is 0 Å². The predicted molar refractivity (Wildman–Crippen MR) is 60.4 cm³/mol. The van der Waals surface area contributed by atoms with Gasteiger partial charge in [-0.25, -0.2) is 9.78 Å². The van der Waals surface area contributed by atoms with Crippen molar-refractivity contribution in [3.8, 4) is 5.75 Å². The number of aromatic nitrogens is 2. The predicted octanol–water partition coefficient (Wildman–Crippen LogP) is 2.01. The van der Waals surface area contributed by atoms with Gasteiger partial charge in [0.2, 0.25) is 0 Å². The largest absolute Gasteiger partial charge is 0.508 e. The smallest absolute Gasteiger partial charge is 0.356 e. The lowest BCUT2D eigenvalue weighted by Crippen LogP contribution is -2.12. The molecule has 0 unspecified atom stereocenters. The molecule has 0 saturated heterocycles. The summed E-state index contributed by atoms with van der Waals surface area (Å²) in [5.41, 5.74) is 0.474. The van der Waals surface area contributed by atoms with Crippen molar-refractivity contribution in [1.29, 1.82) is 0 Å². The SMILES string of the molecule is O=C(O)c1nc(C2CCC2)n2ccc(O)cc12. The number of aromatic hydroxyl groups is 1. The van der Waals surface area contributed by atoms with Gasteiger partial charge in [-0.15, -0.1) is 0 Å². The summed E-state index contributed by atoms with van der Waals surface area (Å²) in [7, 11) is 0. The summed E-state index contributed by atoms with van der Waals surface area (Å²) >= 11 is 0. The quantitative estimate of drug-likeness (QED) is 0.830. The fourth-order valence-corrected chi connectivity index (χ4v) is 2.21. The van der Waals surface area contributed by atoms with Crippen LogP contribution in [0.5, 0.6) is 5.75 Å². The van der Waals surface area contributed by atoms with Gasteiger partial charge < -0.3 is 14.6 Å². The van der Waals surface area contributed by atoms with Gasteiger partial charge in [-0.1, -0.05) is 6.42 Å². The van der Waals surface area contributed by atoms with Gasteiger partial charge in [-0.2, -0.15) is 0 Å². The first-order chi connectivity index (χ1) is 8.16. The van der Waals surface area contributed by atoms with Gasteiger partial charge >= 0.3 is 5.97 Å². The molecule has 5 heteroatoms. The average molecular weight is 232 g/mol. The molecule has 2 heterocycles. The zero-order valence-electron chi connectivity index (χ0n) is 9.13. The van der Waals surface area contributed by atoms with Crippen molar-refractivity contribution in [1.82, 2.24) is 9.38 Å². The minimum atomic E-state index is -1.06. The molecule has 5 nitrogen and oxygen atoms in total. The minimum Gasteiger partial charge on any atom is -0.508 e. The van der Waals surface area contributed by atoms with E-state index in [1.54, 1.807) is 16.7 Å². The lowest BCUT2D eigenvalue weighted by atomic mass is 9.85. The zero-order chi connectivity index (χ0) is 12.0. The van der Waals surface area contributed by atoms with E-state index < -0.39 is 5.97 Å². The van der Waals surface area contributed by atoms with E-state index in [-0.39, 0.29) is 11.4 Å². The Kier molecular flexibility index (Phi) is 2.07. The Morgan fingerprint density at radius 1 is 1.47 bits per heavy atom. The van der Waals surface area contributed by atoms with Gasteiger partial charge in [0.1, 0.15) is 11.6 Å². The van der Waals surface area contributed by atoms with Crippen LogP contribution in [0.1, 0.15) is 41.5 Å². The molecular weight excluding hydrogens is 220 g/mol. The third kappa shape index (κ3) is 1.46. The number of carboxylic acid groups (broad SMARTS) is 1. The molecular formula is C12H12N2O3. The van der Waals surface area contributed by atoms with Crippen LogP contribution in [0, 0.1) is 0 Å². The van der Waals surface area contributed by atoms with E-state index in [0.717, 1.165) is 18.7 Å². The van der Waals surface area contributed by atoms with Crippen LogP contribution in [-0.4, -0.2) is 25.6 Å². The molecule has 1 saturated carbocycles. The first kappa shape index (κ1) is 10.1. The summed E-state index contributed by atoms with van der Waals surface area (Å²) < 4.78 is 1.77. The summed E-state index contributed by atoms with van der Waals surface area (Å²) in [6.07, 6.45) is 4.95. The third-order valence-corrected chi connectivity index (χ3v) is 3.33. The molecule has 0 spiro atoms. The van der Waals surface area contributed by atoms with Gasteiger partial charge in [-0.05, 0) is 18.9 Å². The van der Waals surface area contributed by atoms with Crippen molar-refractivity contribution in [2.24, 2.45) is 0 Å². The van der Waals surface area contributed by atoms with E-state index in [2.05, 4.69) is 4.98 Å². The number of hydrogen-bond acceptors (Lipinski definition) is 3. The molecule has 1 aliphatic carbocycles. The standard InChI is InChI=1S/C12H12N2O3/c15-8-4-5-14-9(6-8)10(12(16)17)13-11(14)7-2-1-3-7/h4-7,15H,1-3H2,(H,16,17). The Morgan fingerprint density at radius 3 is 2.82 bits per heavy atom. The summed E-state index contributed by atoms with van der Waals surface area (Å²) in [4.78, 5) is 15.3. The minimum absolute atomic E-state index is 0.0165. The molecule has 0 radical (unpaired) electrons. The molecule has 1 fully saturated rings. The highest BCUT2D eigenvalue weighted by Gasteiger charge is 2.27. The molecule has 3 rings (SSSR count). The lowest BCUT2D eigenvalue weighted by Gasteiger charge is -2.23. The number of rotatable bonds is 2. The van der Waals surface area contributed by atoms with Crippen LogP contribution in [-0.2, 0) is 0 Å². The molecule has 1 aliphatic rings. The molecule has 0 atom stereocenters. The van der Waals surface area contributed by atoms with Crippen LogP contribution in [0.15, 0.2) is 18.3 Å². The maximum atomic E-state index is 11.1. The number of nitrogens with zero attached hydrogens (tertiary/aromatic N) is 2. The highest BCUT2D eigenvalue weighted by molar-refractivity contribution is 5.94. The Bertz CT molecular complexity index is 599. The topological polar surface area (TPSA) is 74.8 Å². The summed E-state index contributed by atoms with van der Waals surface area (Å²) in [6, 6.07) is 2.99. The second-order valence-electron chi connectivity index (χ2n) is 4.39. The molecule has 2 N–H and O–H groups in total. The van der Waals surface area contributed by atoms with Crippen LogP contribution < -0.4 is 0 Å². The number of carbonyl (C=O) groups is 1.